The molecule has 1 fully saturated rings. The second-order valence-corrected chi connectivity index (χ2v) is 7.35. The van der Waals surface area contributed by atoms with Gasteiger partial charge in [-0.25, -0.2) is 4.79 Å². The fraction of sp³-hybridized carbons (Fsp3) is 0.300. The Morgan fingerprint density at radius 2 is 1.96 bits per heavy atom. The number of imidazole rings is 1. The number of nitrogens with zero attached hydrogens (tertiary/aromatic N) is 1. The summed E-state index contributed by atoms with van der Waals surface area (Å²) in [6.45, 7) is 3.75. The number of aromatic nitrogens is 2. The highest BCUT2D eigenvalue weighted by atomic mass is 35.5. The lowest BCUT2D eigenvalue weighted by Gasteiger charge is -2.36. The molecule has 0 aliphatic carbocycles. The Morgan fingerprint density at radius 3 is 2.75 bits per heavy atom. The number of halogens is 1. The second kappa shape index (κ2) is 7.79. The molecule has 0 unspecified atom stereocenters. The third-order valence-corrected chi connectivity index (χ3v) is 5.30. The van der Waals surface area contributed by atoms with Gasteiger partial charge in [-0.2, -0.15) is 0 Å². The molecule has 8 heteroatoms. The highest BCUT2D eigenvalue weighted by molar-refractivity contribution is 6.30. The second-order valence-electron chi connectivity index (χ2n) is 6.91. The van der Waals surface area contributed by atoms with Crippen molar-refractivity contribution in [2.24, 2.45) is 0 Å². The Kier molecular flexibility index (Phi) is 5.21. The zero-order valence-electron chi connectivity index (χ0n) is 15.4. The number of ether oxygens (including phenoxy) is 1. The van der Waals surface area contributed by atoms with Crippen molar-refractivity contribution in [2.75, 3.05) is 25.0 Å². The van der Waals surface area contributed by atoms with Crippen LogP contribution >= 0.6 is 11.6 Å². The lowest BCUT2D eigenvalue weighted by Crippen LogP contribution is -2.48. The van der Waals surface area contributed by atoms with Gasteiger partial charge in [-0.15, -0.1) is 0 Å². The third-order valence-electron chi connectivity index (χ3n) is 5.05. The van der Waals surface area contributed by atoms with Crippen molar-refractivity contribution < 1.29 is 9.53 Å². The zero-order chi connectivity index (χ0) is 19.7. The van der Waals surface area contributed by atoms with Crippen LogP contribution < -0.4 is 11.0 Å². The smallest absolute Gasteiger partial charge is 0.323 e. The van der Waals surface area contributed by atoms with E-state index in [9.17, 15) is 9.59 Å². The molecule has 1 aliphatic rings. The van der Waals surface area contributed by atoms with Gasteiger partial charge in [0.25, 0.3) is 0 Å². The first-order valence-electron chi connectivity index (χ1n) is 9.13. The quantitative estimate of drug-likeness (QED) is 0.628. The molecule has 28 heavy (non-hydrogen) atoms. The summed E-state index contributed by atoms with van der Waals surface area (Å²) in [6, 6.07) is 12.6. The number of hydrogen-bond acceptors (Lipinski definition) is 4. The number of benzene rings is 2. The molecule has 0 radical (unpaired) electrons. The van der Waals surface area contributed by atoms with Crippen LogP contribution in [0.4, 0.5) is 5.69 Å². The molecule has 2 aromatic carbocycles. The number of H-pyrrole nitrogens is 2. The number of carbonyl (C=O) groups excluding carboxylic acids is 1. The highest BCUT2D eigenvalue weighted by Crippen LogP contribution is 2.25. The molecular formula is C20H21ClN4O3. The Labute approximate surface area is 166 Å². The molecule has 0 saturated carbocycles. The average molecular weight is 401 g/mol. The van der Waals surface area contributed by atoms with Crippen molar-refractivity contribution in [1.82, 2.24) is 14.9 Å². The summed E-state index contributed by atoms with van der Waals surface area (Å²) in [5.74, 6) is -0.103. The van der Waals surface area contributed by atoms with Crippen molar-refractivity contribution in [3.63, 3.8) is 0 Å². The summed E-state index contributed by atoms with van der Waals surface area (Å²) < 4.78 is 5.88. The van der Waals surface area contributed by atoms with Crippen LogP contribution in [-0.4, -0.2) is 46.5 Å². The first-order valence-corrected chi connectivity index (χ1v) is 9.51. The Morgan fingerprint density at radius 1 is 1.21 bits per heavy atom. The number of nitrogens with one attached hydrogen (secondary N) is 3. The maximum absolute atomic E-state index is 12.8. The number of amides is 1. The monoisotopic (exact) mass is 400 g/mol. The minimum absolute atomic E-state index is 0.0949. The van der Waals surface area contributed by atoms with E-state index in [0.29, 0.717) is 41.4 Å². The van der Waals surface area contributed by atoms with Crippen LogP contribution in [0.1, 0.15) is 18.6 Å². The summed E-state index contributed by atoms with van der Waals surface area (Å²) >= 11 is 5.96. The summed E-state index contributed by atoms with van der Waals surface area (Å²) in [4.78, 5) is 31.6. The third kappa shape index (κ3) is 3.96. The number of morpholine rings is 1. The molecule has 2 heterocycles. The van der Waals surface area contributed by atoms with E-state index >= 15 is 0 Å². The van der Waals surface area contributed by atoms with E-state index in [2.05, 4.69) is 20.2 Å². The maximum atomic E-state index is 12.8. The van der Waals surface area contributed by atoms with Crippen LogP contribution in [0, 0.1) is 0 Å². The molecule has 7 nitrogen and oxygen atoms in total. The van der Waals surface area contributed by atoms with E-state index in [1.165, 1.54) is 0 Å². The van der Waals surface area contributed by atoms with Crippen LogP contribution in [0.25, 0.3) is 11.0 Å². The average Bonchev–Trinajstić information content (AvgIpc) is 3.07. The van der Waals surface area contributed by atoms with E-state index in [-0.39, 0.29) is 23.7 Å². The van der Waals surface area contributed by atoms with E-state index in [0.717, 1.165) is 5.56 Å². The molecular weight excluding hydrogens is 380 g/mol. The van der Waals surface area contributed by atoms with Gasteiger partial charge in [-0.05, 0) is 42.8 Å². The molecule has 2 atom stereocenters. The predicted molar refractivity (Wildman–Crippen MR) is 109 cm³/mol. The van der Waals surface area contributed by atoms with Crippen molar-refractivity contribution >= 4 is 34.2 Å². The van der Waals surface area contributed by atoms with Crippen LogP contribution in [0.5, 0.6) is 0 Å². The van der Waals surface area contributed by atoms with E-state index < -0.39 is 0 Å². The van der Waals surface area contributed by atoms with Gasteiger partial charge in [0.15, 0.2) is 0 Å². The minimum atomic E-state index is -0.320. The van der Waals surface area contributed by atoms with Crippen LogP contribution in [0.3, 0.4) is 0 Å². The van der Waals surface area contributed by atoms with Gasteiger partial charge in [-0.3, -0.25) is 9.69 Å². The van der Waals surface area contributed by atoms with Crippen LogP contribution in [0.2, 0.25) is 5.02 Å². The van der Waals surface area contributed by atoms with Gasteiger partial charge < -0.3 is 20.0 Å². The van der Waals surface area contributed by atoms with Crippen molar-refractivity contribution in [2.45, 2.75) is 19.1 Å². The summed E-state index contributed by atoms with van der Waals surface area (Å²) in [5.41, 5.74) is 2.78. The SMILES string of the molecule is C[C@H](C(=O)Nc1ccc2[nH]c(=O)[nH]c2c1)N1CCO[C@H](c2ccc(Cl)cc2)C1. The normalized spacial score (nSPS) is 18.9. The number of carbonyl (C=O) groups is 1. The summed E-state index contributed by atoms with van der Waals surface area (Å²) in [7, 11) is 0. The van der Waals surface area contributed by atoms with E-state index in [1.54, 1.807) is 18.2 Å². The first kappa shape index (κ1) is 18.7. The topological polar surface area (TPSA) is 90.2 Å². The first-order chi connectivity index (χ1) is 13.5. The van der Waals surface area contributed by atoms with E-state index in [4.69, 9.17) is 16.3 Å². The van der Waals surface area contributed by atoms with Crippen LogP contribution in [0.15, 0.2) is 47.3 Å². The number of rotatable bonds is 4. The largest absolute Gasteiger partial charge is 0.371 e. The lowest BCUT2D eigenvalue weighted by atomic mass is 10.1. The Hall–Kier alpha value is -2.61. The predicted octanol–water partition coefficient (Wildman–Crippen LogP) is 2.91. The standard InChI is InChI=1S/C20H21ClN4O3/c1-12(19(26)22-15-6-7-16-17(10-15)24-20(27)23-16)25-8-9-28-18(11-25)13-2-4-14(21)5-3-13/h2-7,10,12,18H,8-9,11H2,1H3,(H,22,26)(H2,23,24,27)/t12-,18+/m1/s1. The molecule has 1 saturated heterocycles. The van der Waals surface area contributed by atoms with Crippen molar-refractivity contribution in [3.8, 4) is 0 Å². The van der Waals surface area contributed by atoms with Gasteiger partial charge in [0.05, 0.1) is 29.8 Å². The number of hydrogen-bond donors (Lipinski definition) is 3. The number of aromatic amines is 2. The van der Waals surface area contributed by atoms with Crippen molar-refractivity contribution in [1.29, 1.82) is 0 Å². The fourth-order valence-electron chi connectivity index (χ4n) is 3.42. The molecule has 1 amide bonds. The number of fused-ring (bicyclic) bond motifs is 1. The molecule has 1 aliphatic heterocycles. The Bertz CT molecular complexity index is 1040. The van der Waals surface area contributed by atoms with E-state index in [1.807, 2.05) is 31.2 Å². The molecule has 146 valence electrons. The Balaban J connectivity index is 1.43. The van der Waals surface area contributed by atoms with Gasteiger partial charge >= 0.3 is 5.69 Å². The minimum Gasteiger partial charge on any atom is -0.371 e. The molecule has 3 N–H and O–H groups in total. The zero-order valence-corrected chi connectivity index (χ0v) is 16.1. The molecule has 4 rings (SSSR count). The summed E-state index contributed by atoms with van der Waals surface area (Å²) in [5, 5.41) is 3.61. The highest BCUT2D eigenvalue weighted by Gasteiger charge is 2.28. The van der Waals surface area contributed by atoms with Crippen LogP contribution in [-0.2, 0) is 9.53 Å². The van der Waals surface area contributed by atoms with Crippen molar-refractivity contribution in [3.05, 3.63) is 63.5 Å². The molecule has 1 aromatic heterocycles. The maximum Gasteiger partial charge on any atom is 0.323 e. The fourth-order valence-corrected chi connectivity index (χ4v) is 3.55. The lowest BCUT2D eigenvalue weighted by molar-refractivity contribution is -0.124. The van der Waals surface area contributed by atoms with Gasteiger partial charge in [0.1, 0.15) is 0 Å². The summed E-state index contributed by atoms with van der Waals surface area (Å²) in [6.07, 6.45) is -0.0949. The number of anilines is 1. The van der Waals surface area contributed by atoms with Gasteiger partial charge in [0.2, 0.25) is 5.91 Å². The molecule has 3 aromatic rings. The molecule has 0 bridgehead atoms. The molecule has 0 spiro atoms. The van der Waals surface area contributed by atoms with Gasteiger partial charge in [0, 0.05) is 23.8 Å². The van der Waals surface area contributed by atoms with Gasteiger partial charge in [-0.1, -0.05) is 23.7 Å².